The molecule has 0 aliphatic rings. The van der Waals surface area contributed by atoms with Gasteiger partial charge in [0.15, 0.2) is 0 Å². The lowest BCUT2D eigenvalue weighted by molar-refractivity contribution is 0.342. The van der Waals surface area contributed by atoms with E-state index in [4.69, 9.17) is 9.46 Å². The molecule has 0 spiro atoms. The van der Waals surface area contributed by atoms with Gasteiger partial charge in [-0.25, -0.2) is 4.57 Å². The van der Waals surface area contributed by atoms with E-state index < -0.39 is 7.91 Å². The van der Waals surface area contributed by atoms with Crippen LogP contribution in [0.2, 0.25) is 0 Å². The van der Waals surface area contributed by atoms with Crippen LogP contribution in [0.15, 0.2) is 0 Å². The van der Waals surface area contributed by atoms with E-state index in [9.17, 15) is 4.20 Å². The Bertz CT molecular complexity index is 74.9. The van der Waals surface area contributed by atoms with Crippen molar-refractivity contribution in [1.29, 1.82) is 0 Å². The van der Waals surface area contributed by atoms with Crippen molar-refractivity contribution < 1.29 is 17.7 Å². The van der Waals surface area contributed by atoms with Gasteiger partial charge in [-0.2, -0.15) is 4.08 Å². The summed E-state index contributed by atoms with van der Waals surface area (Å²) >= 11 is 4.09. The monoisotopic (exact) mass is 134 g/mol. The molecule has 1 N–H and O–H groups in total. The minimum absolute atomic E-state index is 2.85. The van der Waals surface area contributed by atoms with Gasteiger partial charge in [-0.3, -0.25) is 4.89 Å². The maximum absolute atomic E-state index is 10.9. The predicted octanol–water partition coefficient (Wildman–Crippen LogP) is 1.23. The Morgan fingerprint density at radius 2 is 2.17 bits per heavy atom. The third-order valence-electron chi connectivity index (χ3n) is 0.0851. The fraction of sp³-hybridized carbons (Fsp3) is 0. The van der Waals surface area contributed by atoms with Crippen molar-refractivity contribution in [2.24, 2.45) is 0 Å². The first-order valence-corrected chi connectivity index (χ1v) is 2.67. The zero-order chi connectivity index (χ0) is 5.21. The zero-order valence-corrected chi connectivity index (χ0v) is 4.12. The molecule has 0 saturated carbocycles. The summed E-state index contributed by atoms with van der Waals surface area (Å²) < 4.78 is 22.8. The molecular weight excluding hydrogens is 133 g/mol. The molecule has 0 saturated heterocycles. The lowest BCUT2D eigenvalue weighted by Crippen LogP contribution is -1.61. The van der Waals surface area contributed by atoms with Crippen molar-refractivity contribution in [3.05, 3.63) is 0 Å². The van der Waals surface area contributed by atoms with Crippen molar-refractivity contribution in [1.82, 2.24) is 0 Å². The Hall–Kier alpha value is 0.370. The standard InChI is InChI=1S/ClFHO3P/c1-5-6(2,3)4/h(H,3,4). The molecule has 0 aromatic carbocycles. The first kappa shape index (κ1) is 6.37. The van der Waals surface area contributed by atoms with Crippen molar-refractivity contribution in [3.63, 3.8) is 0 Å². The smallest absolute Gasteiger partial charge is 0.298 e. The van der Waals surface area contributed by atoms with Gasteiger partial charge in [0, 0.05) is 0 Å². The van der Waals surface area contributed by atoms with Gasteiger partial charge < -0.3 is 0 Å². The molecule has 0 aromatic rings. The predicted molar refractivity (Wildman–Crippen MR) is 17.9 cm³/mol. The van der Waals surface area contributed by atoms with Gasteiger partial charge in [-0.1, -0.05) is 0 Å². The van der Waals surface area contributed by atoms with E-state index in [1.165, 1.54) is 0 Å². The largest absolute Gasteiger partial charge is 0.527 e. The minimum Gasteiger partial charge on any atom is -0.298 e. The molecule has 0 bridgehead atoms. The van der Waals surface area contributed by atoms with Gasteiger partial charge in [0.1, 0.15) is 0 Å². The fourth-order valence-electron chi connectivity index (χ4n) is 0. The molecule has 0 fully saturated rings. The van der Waals surface area contributed by atoms with Crippen molar-refractivity contribution in [3.8, 4) is 0 Å². The highest BCUT2D eigenvalue weighted by molar-refractivity contribution is 7.47. The van der Waals surface area contributed by atoms with Gasteiger partial charge in [-0.15, -0.1) is 4.20 Å². The molecule has 6 heavy (non-hydrogen) atoms. The van der Waals surface area contributed by atoms with E-state index >= 15 is 0 Å². The molecular formula is HClFO3P. The molecule has 0 radical (unpaired) electrons. The van der Waals surface area contributed by atoms with Crippen LogP contribution in [-0.2, 0) is 8.64 Å². The fourth-order valence-corrected chi connectivity index (χ4v) is 0. The first-order valence-electron chi connectivity index (χ1n) is 0.888. The average Bonchev–Trinajstić information content (AvgIpc) is 1.35. The van der Waals surface area contributed by atoms with Gasteiger partial charge in [-0.05, 0) is 0 Å². The molecule has 0 aliphatic heterocycles. The van der Waals surface area contributed by atoms with E-state index in [1.54, 1.807) is 0 Å². The highest BCUT2D eigenvalue weighted by Gasteiger charge is 2.14. The number of hydrogen-bond acceptors (Lipinski definition) is 2. The molecule has 0 aliphatic carbocycles. The van der Waals surface area contributed by atoms with Gasteiger partial charge in [0.25, 0.3) is 0 Å². The van der Waals surface area contributed by atoms with Crippen LogP contribution in [0.5, 0.6) is 0 Å². The van der Waals surface area contributed by atoms with Crippen LogP contribution in [0.1, 0.15) is 0 Å². The Balaban J connectivity index is 3.48. The van der Waals surface area contributed by atoms with E-state index in [-0.39, 0.29) is 0 Å². The SMILES string of the molecule is O=P(O)(F)OCl. The Morgan fingerprint density at radius 1 is 2.00 bits per heavy atom. The Labute approximate surface area is 38.5 Å². The van der Waals surface area contributed by atoms with Crippen molar-refractivity contribution >= 4 is 19.8 Å². The zero-order valence-electron chi connectivity index (χ0n) is 2.47. The van der Waals surface area contributed by atoms with Crippen LogP contribution in [0.3, 0.4) is 0 Å². The lowest BCUT2D eigenvalue weighted by Gasteiger charge is -1.86. The highest BCUT2D eigenvalue weighted by atomic mass is 35.5. The van der Waals surface area contributed by atoms with E-state index in [0.29, 0.717) is 0 Å². The molecule has 0 rings (SSSR count). The second-order valence-electron chi connectivity index (χ2n) is 0.520. The van der Waals surface area contributed by atoms with Crippen LogP contribution in [0, 0.1) is 0 Å². The van der Waals surface area contributed by atoms with Crippen LogP contribution in [0.25, 0.3) is 0 Å². The number of rotatable bonds is 1. The summed E-state index contributed by atoms with van der Waals surface area (Å²) in [5, 5.41) is 0. The van der Waals surface area contributed by atoms with Crippen molar-refractivity contribution in [2.75, 3.05) is 0 Å². The summed E-state index contributed by atoms with van der Waals surface area (Å²) in [5.41, 5.74) is 0. The molecule has 38 valence electrons. The maximum atomic E-state index is 10.9. The minimum atomic E-state index is -4.88. The average molecular weight is 134 g/mol. The van der Waals surface area contributed by atoms with E-state index in [2.05, 4.69) is 15.9 Å². The molecule has 6 heteroatoms. The van der Waals surface area contributed by atoms with Gasteiger partial charge in [0.2, 0.25) is 0 Å². The summed E-state index contributed by atoms with van der Waals surface area (Å²) in [6, 6.07) is 0. The molecule has 0 aromatic heterocycles. The highest BCUT2D eigenvalue weighted by Crippen LogP contribution is 2.44. The van der Waals surface area contributed by atoms with Crippen LogP contribution >= 0.6 is 19.8 Å². The summed E-state index contributed by atoms with van der Waals surface area (Å²) in [6.45, 7) is 0. The van der Waals surface area contributed by atoms with Gasteiger partial charge in [0.05, 0.1) is 11.9 Å². The van der Waals surface area contributed by atoms with Gasteiger partial charge >= 0.3 is 7.91 Å². The summed E-state index contributed by atoms with van der Waals surface area (Å²) in [7, 11) is -4.88. The topological polar surface area (TPSA) is 46.5 Å². The van der Waals surface area contributed by atoms with Crippen LogP contribution in [-0.4, -0.2) is 4.89 Å². The van der Waals surface area contributed by atoms with Crippen LogP contribution < -0.4 is 0 Å². The molecule has 1 unspecified atom stereocenters. The van der Waals surface area contributed by atoms with Crippen molar-refractivity contribution in [2.45, 2.75) is 0 Å². The molecule has 0 heterocycles. The Morgan fingerprint density at radius 3 is 2.17 bits per heavy atom. The van der Waals surface area contributed by atoms with E-state index in [1.807, 2.05) is 0 Å². The summed E-state index contributed by atoms with van der Waals surface area (Å²) in [6.07, 6.45) is 0. The number of halogens is 2. The third-order valence-corrected chi connectivity index (χ3v) is 0.766. The Kier molecular flexibility index (Phi) is 2.00. The molecule has 3 nitrogen and oxygen atoms in total. The van der Waals surface area contributed by atoms with E-state index in [0.717, 1.165) is 0 Å². The second kappa shape index (κ2) is 1.89. The number of hydrogen-bond donors (Lipinski definition) is 1. The quantitative estimate of drug-likeness (QED) is 0.549. The van der Waals surface area contributed by atoms with Crippen LogP contribution in [0.4, 0.5) is 4.20 Å². The lowest BCUT2D eigenvalue weighted by atomic mass is 15.8. The summed E-state index contributed by atoms with van der Waals surface area (Å²) in [5.74, 6) is 0. The normalized spacial score (nSPS) is 19.8. The molecule has 0 amide bonds. The molecule has 1 atom stereocenters. The third kappa shape index (κ3) is 4.37. The first-order chi connectivity index (χ1) is 2.56. The second-order valence-corrected chi connectivity index (χ2v) is 1.98. The summed E-state index contributed by atoms with van der Waals surface area (Å²) in [4.78, 5) is 7.36. The maximum Gasteiger partial charge on any atom is 0.527 e.